The normalized spacial score (nSPS) is 12.8. The summed E-state index contributed by atoms with van der Waals surface area (Å²) in [6.45, 7) is 18.0. The predicted octanol–water partition coefficient (Wildman–Crippen LogP) is 8.61. The molecule has 0 spiro atoms. The third-order valence-electron chi connectivity index (χ3n) is 7.09. The zero-order valence-corrected chi connectivity index (χ0v) is 20.1. The average Bonchev–Trinajstić information content (AvgIpc) is 2.79. The SMILES string of the molecule is C=C(c1ccc(CC(CC)CC)cc1)C(CC)(CC)c1ccc(OC(C)CC)cc1. The summed E-state index contributed by atoms with van der Waals surface area (Å²) in [5.41, 5.74) is 5.19. The summed E-state index contributed by atoms with van der Waals surface area (Å²) >= 11 is 0. The molecular weight excluding hydrogens is 364 g/mol. The van der Waals surface area contributed by atoms with Crippen LogP contribution in [0.2, 0.25) is 0 Å². The molecule has 0 saturated carbocycles. The van der Waals surface area contributed by atoms with Crippen LogP contribution in [0, 0.1) is 5.92 Å². The Bertz CT molecular complexity index is 761. The number of ether oxygens (including phenoxy) is 1. The third kappa shape index (κ3) is 5.56. The van der Waals surface area contributed by atoms with E-state index in [-0.39, 0.29) is 11.5 Å². The molecule has 0 aliphatic heterocycles. The highest BCUT2D eigenvalue weighted by Crippen LogP contribution is 2.43. The number of hydrogen-bond donors (Lipinski definition) is 0. The molecule has 1 unspecified atom stereocenters. The Morgan fingerprint density at radius 3 is 1.87 bits per heavy atom. The maximum Gasteiger partial charge on any atom is 0.119 e. The van der Waals surface area contributed by atoms with Gasteiger partial charge in [-0.3, -0.25) is 0 Å². The van der Waals surface area contributed by atoms with Crippen molar-refractivity contribution in [3.05, 3.63) is 71.8 Å². The van der Waals surface area contributed by atoms with Crippen LogP contribution < -0.4 is 4.74 Å². The fourth-order valence-corrected chi connectivity index (χ4v) is 4.46. The van der Waals surface area contributed by atoms with E-state index in [1.165, 1.54) is 41.5 Å². The molecule has 30 heavy (non-hydrogen) atoms. The fourth-order valence-electron chi connectivity index (χ4n) is 4.46. The lowest BCUT2D eigenvalue weighted by atomic mass is 9.68. The van der Waals surface area contributed by atoms with Gasteiger partial charge in [0, 0.05) is 5.41 Å². The van der Waals surface area contributed by atoms with Gasteiger partial charge in [0.1, 0.15) is 5.75 Å². The molecular formula is C29H42O. The van der Waals surface area contributed by atoms with Crippen molar-refractivity contribution in [2.75, 3.05) is 0 Å². The van der Waals surface area contributed by atoms with Crippen LogP contribution in [0.15, 0.2) is 55.1 Å². The van der Waals surface area contributed by atoms with Crippen LogP contribution in [0.1, 0.15) is 90.3 Å². The monoisotopic (exact) mass is 406 g/mol. The second-order valence-corrected chi connectivity index (χ2v) is 8.71. The summed E-state index contributed by atoms with van der Waals surface area (Å²) in [5, 5.41) is 0. The Kier molecular flexibility index (Phi) is 9.21. The minimum Gasteiger partial charge on any atom is -0.491 e. The van der Waals surface area contributed by atoms with E-state index in [1.54, 1.807) is 0 Å². The number of rotatable bonds is 12. The molecule has 164 valence electrons. The Hall–Kier alpha value is -2.02. The minimum atomic E-state index is -0.0498. The van der Waals surface area contributed by atoms with Crippen molar-refractivity contribution in [1.29, 1.82) is 0 Å². The van der Waals surface area contributed by atoms with Gasteiger partial charge < -0.3 is 4.74 Å². The molecule has 2 aromatic carbocycles. The predicted molar refractivity (Wildman–Crippen MR) is 132 cm³/mol. The van der Waals surface area contributed by atoms with Crippen LogP contribution in [0.25, 0.3) is 5.57 Å². The highest BCUT2D eigenvalue weighted by atomic mass is 16.5. The molecule has 0 fully saturated rings. The van der Waals surface area contributed by atoms with Crippen molar-refractivity contribution in [3.8, 4) is 5.75 Å². The van der Waals surface area contributed by atoms with Crippen LogP contribution in [0.5, 0.6) is 5.75 Å². The summed E-state index contributed by atoms with van der Waals surface area (Å²) < 4.78 is 5.98. The first-order valence-electron chi connectivity index (χ1n) is 12.0. The van der Waals surface area contributed by atoms with Crippen LogP contribution in [-0.4, -0.2) is 6.10 Å². The topological polar surface area (TPSA) is 9.23 Å². The molecule has 0 aliphatic carbocycles. The van der Waals surface area contributed by atoms with Gasteiger partial charge >= 0.3 is 0 Å². The van der Waals surface area contributed by atoms with Gasteiger partial charge in [0.25, 0.3) is 0 Å². The van der Waals surface area contributed by atoms with Gasteiger partial charge in [-0.1, -0.05) is 90.4 Å². The fraction of sp³-hybridized carbons (Fsp3) is 0.517. The molecule has 0 heterocycles. The van der Waals surface area contributed by atoms with E-state index in [1.807, 2.05) is 0 Å². The number of hydrogen-bond acceptors (Lipinski definition) is 1. The van der Waals surface area contributed by atoms with Gasteiger partial charge in [0.15, 0.2) is 0 Å². The number of allylic oxidation sites excluding steroid dienone is 1. The first kappa shape index (κ1) is 24.3. The van der Waals surface area contributed by atoms with Gasteiger partial charge in [0.05, 0.1) is 6.10 Å². The van der Waals surface area contributed by atoms with E-state index in [4.69, 9.17) is 4.74 Å². The summed E-state index contributed by atoms with van der Waals surface area (Å²) in [4.78, 5) is 0. The van der Waals surface area contributed by atoms with Crippen molar-refractivity contribution in [2.24, 2.45) is 5.92 Å². The number of benzene rings is 2. The molecule has 0 N–H and O–H groups in total. The molecule has 0 bridgehead atoms. The Balaban J connectivity index is 2.26. The highest BCUT2D eigenvalue weighted by molar-refractivity contribution is 5.74. The van der Waals surface area contributed by atoms with Gasteiger partial charge in [-0.05, 0) is 72.9 Å². The molecule has 1 atom stereocenters. The maximum atomic E-state index is 5.98. The van der Waals surface area contributed by atoms with Gasteiger partial charge in [-0.2, -0.15) is 0 Å². The van der Waals surface area contributed by atoms with E-state index in [0.29, 0.717) is 0 Å². The summed E-state index contributed by atoms with van der Waals surface area (Å²) in [6, 6.07) is 17.9. The van der Waals surface area contributed by atoms with Gasteiger partial charge in [0.2, 0.25) is 0 Å². The van der Waals surface area contributed by atoms with Crippen molar-refractivity contribution in [2.45, 2.75) is 91.6 Å². The third-order valence-corrected chi connectivity index (χ3v) is 7.09. The van der Waals surface area contributed by atoms with Crippen molar-refractivity contribution < 1.29 is 4.74 Å². The molecule has 2 aromatic rings. The largest absolute Gasteiger partial charge is 0.491 e. The summed E-state index contributed by atoms with van der Waals surface area (Å²) in [5.74, 6) is 1.73. The zero-order valence-electron chi connectivity index (χ0n) is 20.1. The maximum absolute atomic E-state index is 5.98. The molecule has 0 radical (unpaired) electrons. The standard InChI is InChI=1S/C29H42O/c1-8-22(6)30-28-19-17-27(18-20-28)29(11-4,12-5)23(7)26-15-13-25(14-16-26)21-24(9-2)10-3/h13-20,22,24H,7-12,21H2,1-6H3. The van der Waals surface area contributed by atoms with E-state index in [2.05, 4.69) is 96.7 Å². The zero-order chi connectivity index (χ0) is 22.1. The molecule has 1 heteroatoms. The second kappa shape index (κ2) is 11.4. The Morgan fingerprint density at radius 2 is 1.40 bits per heavy atom. The molecule has 0 aliphatic rings. The van der Waals surface area contributed by atoms with Gasteiger partial charge in [-0.15, -0.1) is 0 Å². The van der Waals surface area contributed by atoms with E-state index in [9.17, 15) is 0 Å². The molecule has 1 nitrogen and oxygen atoms in total. The van der Waals surface area contributed by atoms with Crippen molar-refractivity contribution in [3.63, 3.8) is 0 Å². The summed E-state index contributed by atoms with van der Waals surface area (Å²) in [7, 11) is 0. The minimum absolute atomic E-state index is 0.0498. The smallest absolute Gasteiger partial charge is 0.119 e. The Morgan fingerprint density at radius 1 is 0.833 bits per heavy atom. The van der Waals surface area contributed by atoms with E-state index >= 15 is 0 Å². The average molecular weight is 407 g/mol. The van der Waals surface area contributed by atoms with E-state index < -0.39 is 0 Å². The Labute approximate surface area is 185 Å². The van der Waals surface area contributed by atoms with Crippen LogP contribution in [0.4, 0.5) is 0 Å². The summed E-state index contributed by atoms with van der Waals surface area (Å²) in [6.07, 6.45) is 6.98. The lowest BCUT2D eigenvalue weighted by molar-refractivity contribution is 0.217. The molecule has 2 rings (SSSR count). The molecule has 0 saturated heterocycles. The molecule has 0 amide bonds. The quantitative estimate of drug-likeness (QED) is 0.343. The van der Waals surface area contributed by atoms with E-state index in [0.717, 1.165) is 30.9 Å². The van der Waals surface area contributed by atoms with Crippen molar-refractivity contribution in [1.82, 2.24) is 0 Å². The van der Waals surface area contributed by atoms with Crippen LogP contribution in [0.3, 0.4) is 0 Å². The van der Waals surface area contributed by atoms with Crippen LogP contribution in [-0.2, 0) is 11.8 Å². The lowest BCUT2D eigenvalue weighted by Gasteiger charge is -2.35. The highest BCUT2D eigenvalue weighted by Gasteiger charge is 2.32. The molecule has 0 aromatic heterocycles. The first-order chi connectivity index (χ1) is 14.4. The first-order valence-corrected chi connectivity index (χ1v) is 12.0. The lowest BCUT2D eigenvalue weighted by Crippen LogP contribution is -2.26. The van der Waals surface area contributed by atoms with Crippen molar-refractivity contribution >= 4 is 5.57 Å². The van der Waals surface area contributed by atoms with Gasteiger partial charge in [-0.25, -0.2) is 0 Å². The second-order valence-electron chi connectivity index (χ2n) is 8.71. The van der Waals surface area contributed by atoms with Crippen LogP contribution >= 0.6 is 0 Å².